The van der Waals surface area contributed by atoms with Gasteiger partial charge in [0.15, 0.2) is 18.3 Å². The van der Waals surface area contributed by atoms with E-state index < -0.39 is 59.8 Å². The lowest BCUT2D eigenvalue weighted by atomic mass is 9.94. The molecule has 1 aliphatic heterocycles. The van der Waals surface area contributed by atoms with E-state index in [1.807, 2.05) is 6.26 Å². The van der Waals surface area contributed by atoms with Crippen molar-refractivity contribution in [2.75, 3.05) is 24.0 Å². The van der Waals surface area contributed by atoms with Crippen LogP contribution >= 0.6 is 11.8 Å². The summed E-state index contributed by atoms with van der Waals surface area (Å²) >= 11 is 1.26. The minimum atomic E-state index is -1.10. The molecule has 1 aliphatic rings. The maximum Gasteiger partial charge on any atom is 0.303 e. The average molecular weight is 538 g/mol. The Bertz CT molecular complexity index is 759. The summed E-state index contributed by atoms with van der Waals surface area (Å²) in [6.07, 6.45) is 1.55. The van der Waals surface area contributed by atoms with Gasteiger partial charge in [0.25, 0.3) is 0 Å². The van der Waals surface area contributed by atoms with Crippen LogP contribution in [-0.2, 0) is 53.8 Å². The number of carbonyl (C=O) groups excluding carboxylic acids is 5. The Hall–Kier alpha value is -2.25. The molecule has 0 spiro atoms. The number of hydrogen-bond donors (Lipinski definition) is 1. The lowest BCUT2D eigenvalue weighted by Crippen LogP contribution is -2.66. The van der Waals surface area contributed by atoms with Gasteiger partial charge in [-0.3, -0.25) is 19.2 Å². The van der Waals surface area contributed by atoms with Gasteiger partial charge in [0.05, 0.1) is 6.26 Å². The fraction of sp³-hybridized carbons (Fsp3) is 0.682. The van der Waals surface area contributed by atoms with E-state index >= 15 is 0 Å². The van der Waals surface area contributed by atoms with Crippen molar-refractivity contribution in [3.63, 3.8) is 0 Å². The molecule has 0 radical (unpaired) electrons. The fourth-order valence-electron chi connectivity index (χ4n) is 3.37. The van der Waals surface area contributed by atoms with Crippen LogP contribution in [0.5, 0.6) is 0 Å². The predicted octanol–water partition coefficient (Wildman–Crippen LogP) is -0.436. The zero-order chi connectivity index (χ0) is 27.3. The Balaban J connectivity index is 0.00000267. The quantitative estimate of drug-likeness (QED) is 0.167. The topological polar surface area (TPSA) is 157 Å². The van der Waals surface area contributed by atoms with Crippen molar-refractivity contribution in [2.24, 2.45) is 0 Å². The number of carboxylic acids is 1. The Morgan fingerprint density at radius 2 is 1.46 bits per heavy atom. The Morgan fingerprint density at radius 3 is 1.86 bits per heavy atom. The number of thioether (sulfide) groups is 1. The van der Waals surface area contributed by atoms with Crippen LogP contribution in [0.1, 0.15) is 34.6 Å². The van der Waals surface area contributed by atoms with E-state index in [2.05, 4.69) is 11.9 Å². The minimum Gasteiger partial charge on any atom is -0.550 e. The molecule has 1 heterocycles. The summed E-state index contributed by atoms with van der Waals surface area (Å²) in [5.74, 6) is -1.95. The van der Waals surface area contributed by atoms with Crippen molar-refractivity contribution in [3.05, 3.63) is 12.7 Å². The van der Waals surface area contributed by atoms with Crippen molar-refractivity contribution >= 4 is 52.4 Å². The molecule has 1 N–H and O–H groups in total. The van der Waals surface area contributed by atoms with Crippen molar-refractivity contribution < 1.29 is 48.0 Å². The van der Waals surface area contributed by atoms with Gasteiger partial charge in [-0.1, -0.05) is 6.58 Å². The minimum absolute atomic E-state index is 0.152. The second-order valence-electron chi connectivity index (χ2n) is 7.63. The van der Waals surface area contributed by atoms with E-state index in [0.29, 0.717) is 5.75 Å². The van der Waals surface area contributed by atoms with Crippen LogP contribution in [0.2, 0.25) is 0 Å². The molecule has 1 saturated heterocycles. The maximum atomic E-state index is 11.9. The molecule has 0 aromatic heterocycles. The van der Waals surface area contributed by atoms with Crippen molar-refractivity contribution in [2.45, 2.75) is 70.5 Å². The summed E-state index contributed by atoms with van der Waals surface area (Å²) in [5, 5.41) is 11.8. The number of carboxylic acid groups (broad SMARTS) is 1. The molecule has 0 aromatic rings. The molecule has 1 fully saturated rings. The Labute approximate surface area is 213 Å². The Kier molecular flexibility index (Phi) is 15.4. The van der Waals surface area contributed by atoms with Gasteiger partial charge in [0.1, 0.15) is 29.1 Å². The van der Waals surface area contributed by atoms with Gasteiger partial charge in [0, 0.05) is 33.7 Å². The first-order valence-corrected chi connectivity index (χ1v) is 13.8. The van der Waals surface area contributed by atoms with E-state index in [9.17, 15) is 19.2 Å². The third kappa shape index (κ3) is 12.9. The Morgan fingerprint density at radius 1 is 1.00 bits per heavy atom. The second kappa shape index (κ2) is 16.4. The van der Waals surface area contributed by atoms with Gasteiger partial charge in [-0.25, -0.2) is 0 Å². The first kappa shape index (κ1) is 32.8. The molecular weight excluding hydrogens is 502 g/mol. The number of ether oxygens (including phenoxy) is 4. The van der Waals surface area contributed by atoms with E-state index in [1.54, 1.807) is 12.3 Å². The highest BCUT2D eigenvalue weighted by Gasteiger charge is 2.54. The molecule has 200 valence electrons. The summed E-state index contributed by atoms with van der Waals surface area (Å²) in [4.78, 5) is 56.3. The van der Waals surface area contributed by atoms with Gasteiger partial charge in [-0.05, 0) is 30.2 Å². The molecule has 1 rings (SSSR count). The molecular formula is C22H35NO10S2. The van der Waals surface area contributed by atoms with Crippen molar-refractivity contribution in [3.8, 4) is 0 Å². The highest BCUT2D eigenvalue weighted by atomic mass is 32.2. The summed E-state index contributed by atoms with van der Waals surface area (Å²) in [7, 11) is -0.152. The summed E-state index contributed by atoms with van der Waals surface area (Å²) in [5.41, 5.74) is -0.709. The standard InChI is InChI=1S/C20H31NO8S2.C2H4O2/c1-8-9-31(7)10-15(21-11(2)22)16-17(26-12(3)23)18(27-13(4)24)19(28-14(5)25)20(29-16)30-6;1-2(3)4/h8,15-20H,1,9-10H2,2-7H3;1H3,(H,3,4)/t15-,16+,17-,18-,19+,20+,31?;/m0./s1. The van der Waals surface area contributed by atoms with Gasteiger partial charge in [-0.2, -0.15) is 0 Å². The number of esters is 3. The predicted molar refractivity (Wildman–Crippen MR) is 130 cm³/mol. The summed E-state index contributed by atoms with van der Waals surface area (Å²) < 4.78 is 22.6. The highest BCUT2D eigenvalue weighted by Crippen LogP contribution is 2.34. The number of hydrogen-bond acceptors (Lipinski definition) is 11. The van der Waals surface area contributed by atoms with Crippen LogP contribution in [0.25, 0.3) is 0 Å². The average Bonchev–Trinajstić information content (AvgIpc) is 2.68. The van der Waals surface area contributed by atoms with Crippen LogP contribution in [-0.4, -0.2) is 89.7 Å². The first-order chi connectivity index (χ1) is 16.2. The smallest absolute Gasteiger partial charge is 0.303 e. The summed E-state index contributed by atoms with van der Waals surface area (Å²) in [6, 6.07) is -0.541. The van der Waals surface area contributed by atoms with E-state index in [-0.39, 0.29) is 16.8 Å². The second-order valence-corrected chi connectivity index (χ2v) is 10.8. The maximum absolute atomic E-state index is 11.9. The van der Waals surface area contributed by atoms with Gasteiger partial charge in [0.2, 0.25) is 5.91 Å². The van der Waals surface area contributed by atoms with Crippen LogP contribution < -0.4 is 10.4 Å². The van der Waals surface area contributed by atoms with Crippen LogP contribution in [0.15, 0.2) is 12.7 Å². The van der Waals surface area contributed by atoms with Crippen molar-refractivity contribution in [1.82, 2.24) is 5.32 Å². The number of nitrogens with one attached hydrogen (secondary N) is 1. The number of amides is 1. The fourth-order valence-corrected chi connectivity index (χ4v) is 5.52. The van der Waals surface area contributed by atoms with Gasteiger partial charge < -0.3 is 34.2 Å². The normalized spacial score (nSPS) is 24.9. The molecule has 7 atom stereocenters. The highest BCUT2D eigenvalue weighted by molar-refractivity contribution is 7.99. The molecule has 0 saturated carbocycles. The SMILES string of the molecule is C=CC[S+](C)C[C@H](NC(C)=O)[C@H]1O[C@H](SC)[C@H](OC(C)=O)[C@@H](OC(C)=O)[C@H]1OC(C)=O.CC(=O)[O-]. The van der Waals surface area contributed by atoms with Crippen LogP contribution in [0.3, 0.4) is 0 Å². The monoisotopic (exact) mass is 537 g/mol. The largest absolute Gasteiger partial charge is 0.550 e. The van der Waals surface area contributed by atoms with Crippen molar-refractivity contribution in [1.29, 1.82) is 0 Å². The molecule has 0 aliphatic carbocycles. The van der Waals surface area contributed by atoms with Gasteiger partial charge in [-0.15, -0.1) is 11.8 Å². The van der Waals surface area contributed by atoms with Crippen LogP contribution in [0.4, 0.5) is 0 Å². The zero-order valence-electron chi connectivity index (χ0n) is 21.1. The zero-order valence-corrected chi connectivity index (χ0v) is 22.7. The molecule has 11 nitrogen and oxygen atoms in total. The number of rotatable bonds is 10. The molecule has 1 unspecified atom stereocenters. The number of carbonyl (C=O) groups is 5. The third-order valence-electron chi connectivity index (χ3n) is 4.32. The van der Waals surface area contributed by atoms with Crippen LogP contribution in [0, 0.1) is 0 Å². The lowest BCUT2D eigenvalue weighted by molar-refractivity contribution is -0.302. The first-order valence-electron chi connectivity index (χ1n) is 10.6. The van der Waals surface area contributed by atoms with E-state index in [4.69, 9.17) is 28.8 Å². The molecule has 35 heavy (non-hydrogen) atoms. The van der Waals surface area contributed by atoms with Gasteiger partial charge >= 0.3 is 17.9 Å². The lowest BCUT2D eigenvalue weighted by Gasteiger charge is -2.46. The third-order valence-corrected chi connectivity index (χ3v) is 6.90. The number of aliphatic carboxylic acids is 1. The molecule has 0 bridgehead atoms. The summed E-state index contributed by atoms with van der Waals surface area (Å²) in [6.45, 7) is 9.78. The molecule has 1 amide bonds. The van der Waals surface area contributed by atoms with E-state index in [0.717, 1.165) is 12.7 Å². The molecule has 0 aromatic carbocycles. The molecule has 13 heteroatoms. The van der Waals surface area contributed by atoms with E-state index in [1.165, 1.54) is 39.5 Å².